The van der Waals surface area contributed by atoms with Crippen LogP contribution in [0.25, 0.3) is 0 Å². The molecule has 0 spiro atoms. The van der Waals surface area contributed by atoms with Crippen LogP contribution in [0.3, 0.4) is 0 Å². The Balaban J connectivity index is 2.70. The molecule has 4 nitrogen and oxygen atoms in total. The summed E-state index contributed by atoms with van der Waals surface area (Å²) < 4.78 is 0. The van der Waals surface area contributed by atoms with E-state index in [1.54, 1.807) is 12.1 Å². The Bertz CT molecular complexity index is 408. The van der Waals surface area contributed by atoms with E-state index in [1.165, 1.54) is 0 Å². The van der Waals surface area contributed by atoms with E-state index in [9.17, 15) is 4.79 Å². The maximum absolute atomic E-state index is 11.7. The van der Waals surface area contributed by atoms with E-state index >= 15 is 0 Å². The van der Waals surface area contributed by atoms with Gasteiger partial charge in [0, 0.05) is 32.1 Å². The SMILES string of the molecule is CN(C)c1ccc(Cl)cc1NC(=O)CCCCO. The van der Waals surface area contributed by atoms with Gasteiger partial charge in [0.1, 0.15) is 0 Å². The highest BCUT2D eigenvalue weighted by Crippen LogP contribution is 2.27. The van der Waals surface area contributed by atoms with E-state index in [-0.39, 0.29) is 12.5 Å². The quantitative estimate of drug-likeness (QED) is 0.781. The minimum Gasteiger partial charge on any atom is -0.396 e. The first-order chi connectivity index (χ1) is 8.54. The standard InChI is InChI=1S/C13H19ClN2O2/c1-16(2)12-7-6-10(14)9-11(12)15-13(18)5-3-4-8-17/h6-7,9,17H,3-5,8H2,1-2H3,(H,15,18). The van der Waals surface area contributed by atoms with Crippen LogP contribution in [0.5, 0.6) is 0 Å². The number of nitrogens with zero attached hydrogens (tertiary/aromatic N) is 1. The lowest BCUT2D eigenvalue weighted by molar-refractivity contribution is -0.116. The molecule has 0 unspecified atom stereocenters. The van der Waals surface area contributed by atoms with Gasteiger partial charge in [-0.05, 0) is 31.0 Å². The van der Waals surface area contributed by atoms with E-state index in [4.69, 9.17) is 16.7 Å². The first-order valence-corrected chi connectivity index (χ1v) is 6.30. The van der Waals surface area contributed by atoms with Crippen LogP contribution < -0.4 is 10.2 Å². The molecule has 2 N–H and O–H groups in total. The van der Waals surface area contributed by atoms with Crippen molar-refractivity contribution in [1.29, 1.82) is 0 Å². The van der Waals surface area contributed by atoms with Crippen molar-refractivity contribution in [1.82, 2.24) is 0 Å². The maximum atomic E-state index is 11.7. The number of anilines is 2. The number of halogens is 1. The Labute approximate surface area is 113 Å². The predicted octanol–water partition coefficient (Wildman–Crippen LogP) is 2.51. The average molecular weight is 271 g/mol. The minimum atomic E-state index is -0.0613. The molecular formula is C13H19ClN2O2. The fraction of sp³-hybridized carbons (Fsp3) is 0.462. The van der Waals surface area contributed by atoms with Gasteiger partial charge < -0.3 is 15.3 Å². The van der Waals surface area contributed by atoms with Gasteiger partial charge in [0.2, 0.25) is 5.91 Å². The maximum Gasteiger partial charge on any atom is 0.224 e. The lowest BCUT2D eigenvalue weighted by Gasteiger charge is -2.18. The Morgan fingerprint density at radius 3 is 2.72 bits per heavy atom. The molecule has 100 valence electrons. The van der Waals surface area contributed by atoms with Crippen molar-refractivity contribution in [2.45, 2.75) is 19.3 Å². The van der Waals surface area contributed by atoms with E-state index in [2.05, 4.69) is 5.32 Å². The van der Waals surface area contributed by atoms with Crippen molar-refractivity contribution in [2.75, 3.05) is 30.9 Å². The zero-order chi connectivity index (χ0) is 13.5. The summed E-state index contributed by atoms with van der Waals surface area (Å²) in [5.41, 5.74) is 1.62. The van der Waals surface area contributed by atoms with Gasteiger partial charge in [-0.25, -0.2) is 0 Å². The Hall–Kier alpha value is -1.26. The Morgan fingerprint density at radius 2 is 2.11 bits per heavy atom. The van der Waals surface area contributed by atoms with Gasteiger partial charge in [0.15, 0.2) is 0 Å². The van der Waals surface area contributed by atoms with Gasteiger partial charge in [0.25, 0.3) is 0 Å². The van der Waals surface area contributed by atoms with E-state index in [0.717, 1.165) is 5.69 Å². The summed E-state index contributed by atoms with van der Waals surface area (Å²) >= 11 is 5.93. The highest BCUT2D eigenvalue weighted by atomic mass is 35.5. The monoisotopic (exact) mass is 270 g/mol. The zero-order valence-electron chi connectivity index (χ0n) is 10.7. The van der Waals surface area contributed by atoms with Crippen molar-refractivity contribution >= 4 is 28.9 Å². The number of carbonyl (C=O) groups excluding carboxylic acids is 1. The molecule has 0 bridgehead atoms. The molecular weight excluding hydrogens is 252 g/mol. The van der Waals surface area contributed by atoms with Gasteiger partial charge in [-0.1, -0.05) is 11.6 Å². The number of benzene rings is 1. The summed E-state index contributed by atoms with van der Waals surface area (Å²) in [6.07, 6.45) is 1.73. The lowest BCUT2D eigenvalue weighted by Crippen LogP contribution is -2.16. The highest BCUT2D eigenvalue weighted by Gasteiger charge is 2.09. The average Bonchev–Trinajstić information content (AvgIpc) is 2.29. The second-order valence-electron chi connectivity index (χ2n) is 4.28. The molecule has 5 heteroatoms. The van der Waals surface area contributed by atoms with E-state index < -0.39 is 0 Å². The first-order valence-electron chi connectivity index (χ1n) is 5.92. The second kappa shape index (κ2) is 7.24. The molecule has 1 aromatic carbocycles. The molecule has 0 radical (unpaired) electrons. The molecule has 0 aliphatic heterocycles. The first kappa shape index (κ1) is 14.8. The second-order valence-corrected chi connectivity index (χ2v) is 4.72. The molecule has 18 heavy (non-hydrogen) atoms. The van der Waals surface area contributed by atoms with Gasteiger partial charge in [-0.15, -0.1) is 0 Å². The number of carbonyl (C=O) groups is 1. The van der Waals surface area contributed by atoms with E-state index in [0.29, 0.717) is 30.0 Å². The summed E-state index contributed by atoms with van der Waals surface area (Å²) in [4.78, 5) is 13.6. The third-order valence-electron chi connectivity index (χ3n) is 2.53. The van der Waals surface area contributed by atoms with Crippen molar-refractivity contribution in [3.63, 3.8) is 0 Å². The predicted molar refractivity (Wildman–Crippen MR) is 75.3 cm³/mol. The number of hydrogen-bond donors (Lipinski definition) is 2. The summed E-state index contributed by atoms with van der Waals surface area (Å²) in [6.45, 7) is 0.118. The molecule has 0 heterocycles. The third kappa shape index (κ3) is 4.55. The molecule has 0 aliphatic rings. The number of nitrogens with one attached hydrogen (secondary N) is 1. The van der Waals surface area contributed by atoms with Crippen LogP contribution in [0.4, 0.5) is 11.4 Å². The number of aliphatic hydroxyl groups is 1. The normalized spacial score (nSPS) is 10.2. The molecule has 0 atom stereocenters. The van der Waals surface area contributed by atoms with Crippen molar-refractivity contribution in [2.24, 2.45) is 0 Å². The number of hydrogen-bond acceptors (Lipinski definition) is 3. The lowest BCUT2D eigenvalue weighted by atomic mass is 10.2. The summed E-state index contributed by atoms with van der Waals surface area (Å²) in [5.74, 6) is -0.0613. The fourth-order valence-corrected chi connectivity index (χ4v) is 1.78. The number of rotatable bonds is 6. The molecule has 0 saturated heterocycles. The van der Waals surface area contributed by atoms with Crippen LogP contribution in [-0.4, -0.2) is 31.7 Å². The molecule has 1 aromatic rings. The summed E-state index contributed by atoms with van der Waals surface area (Å²) in [7, 11) is 3.81. The Kier molecular flexibility index (Phi) is 5.95. The highest BCUT2D eigenvalue weighted by molar-refractivity contribution is 6.31. The largest absolute Gasteiger partial charge is 0.396 e. The summed E-state index contributed by atoms with van der Waals surface area (Å²) in [6, 6.07) is 5.39. The molecule has 1 rings (SSSR count). The molecule has 0 aliphatic carbocycles. The number of aliphatic hydroxyl groups excluding tert-OH is 1. The van der Waals surface area contributed by atoms with Gasteiger partial charge in [-0.3, -0.25) is 4.79 Å². The van der Waals surface area contributed by atoms with Crippen LogP contribution in [0.2, 0.25) is 5.02 Å². The van der Waals surface area contributed by atoms with Crippen LogP contribution in [0.15, 0.2) is 18.2 Å². The van der Waals surface area contributed by atoms with Crippen molar-refractivity contribution in [3.05, 3.63) is 23.2 Å². The van der Waals surface area contributed by atoms with E-state index in [1.807, 2.05) is 25.1 Å². The van der Waals surface area contributed by atoms with Crippen LogP contribution in [-0.2, 0) is 4.79 Å². The zero-order valence-corrected chi connectivity index (χ0v) is 11.5. The number of unbranched alkanes of at least 4 members (excludes halogenated alkanes) is 1. The summed E-state index contributed by atoms with van der Waals surface area (Å²) in [5, 5.41) is 12.1. The topological polar surface area (TPSA) is 52.6 Å². The van der Waals surface area contributed by atoms with Gasteiger partial charge in [0.05, 0.1) is 11.4 Å². The third-order valence-corrected chi connectivity index (χ3v) is 2.76. The molecule has 0 fully saturated rings. The smallest absolute Gasteiger partial charge is 0.224 e. The van der Waals surface area contributed by atoms with Gasteiger partial charge in [-0.2, -0.15) is 0 Å². The van der Waals surface area contributed by atoms with Crippen LogP contribution >= 0.6 is 11.6 Å². The van der Waals surface area contributed by atoms with Crippen LogP contribution in [0.1, 0.15) is 19.3 Å². The minimum absolute atomic E-state index is 0.0613. The molecule has 1 amide bonds. The van der Waals surface area contributed by atoms with Gasteiger partial charge >= 0.3 is 0 Å². The molecule has 0 aromatic heterocycles. The number of amides is 1. The Morgan fingerprint density at radius 1 is 1.39 bits per heavy atom. The van der Waals surface area contributed by atoms with Crippen molar-refractivity contribution < 1.29 is 9.90 Å². The van der Waals surface area contributed by atoms with Crippen molar-refractivity contribution in [3.8, 4) is 0 Å². The fourth-order valence-electron chi connectivity index (χ4n) is 1.61. The molecule has 0 saturated carbocycles. The van der Waals surface area contributed by atoms with Crippen LogP contribution in [0, 0.1) is 0 Å².